The van der Waals surface area contributed by atoms with Gasteiger partial charge in [-0.2, -0.15) is 18.2 Å². The lowest BCUT2D eigenvalue weighted by Gasteiger charge is -2.33. The van der Waals surface area contributed by atoms with Crippen molar-refractivity contribution in [3.63, 3.8) is 0 Å². The zero-order valence-corrected chi connectivity index (χ0v) is 13.7. The first-order chi connectivity index (χ1) is 11.5. The van der Waals surface area contributed by atoms with Crippen molar-refractivity contribution < 1.29 is 13.2 Å². The summed E-state index contributed by atoms with van der Waals surface area (Å²) in [4.78, 5) is 12.6. The molecule has 0 bridgehead atoms. The third-order valence-corrected chi connectivity index (χ3v) is 4.62. The monoisotopic (exact) mass is 343 g/mol. The molecule has 0 aromatic carbocycles. The van der Waals surface area contributed by atoms with Crippen LogP contribution < -0.4 is 10.2 Å². The van der Waals surface area contributed by atoms with E-state index >= 15 is 0 Å². The third kappa shape index (κ3) is 4.96. The molecule has 0 amide bonds. The molecule has 0 unspecified atom stereocenters. The van der Waals surface area contributed by atoms with Gasteiger partial charge in [-0.3, -0.25) is 4.90 Å². The summed E-state index contributed by atoms with van der Waals surface area (Å²) in [5.41, 5.74) is 0. The van der Waals surface area contributed by atoms with Crippen molar-refractivity contribution in [1.29, 1.82) is 0 Å². The predicted molar refractivity (Wildman–Crippen MR) is 87.2 cm³/mol. The molecule has 1 N–H and O–H groups in total. The minimum atomic E-state index is -4.11. The van der Waals surface area contributed by atoms with Gasteiger partial charge in [0.05, 0.1) is 6.54 Å². The number of nitrogens with zero attached hydrogens (tertiary/aromatic N) is 4. The van der Waals surface area contributed by atoms with E-state index in [0.29, 0.717) is 25.9 Å². The molecule has 2 aliphatic rings. The number of piperidine rings is 2. The van der Waals surface area contributed by atoms with Crippen LogP contribution in [0.25, 0.3) is 0 Å². The molecule has 24 heavy (non-hydrogen) atoms. The lowest BCUT2D eigenvalue weighted by atomic mass is 10.1. The highest BCUT2D eigenvalue weighted by Gasteiger charge is 2.32. The van der Waals surface area contributed by atoms with Crippen molar-refractivity contribution in [3.05, 3.63) is 12.3 Å². The highest BCUT2D eigenvalue weighted by molar-refractivity contribution is 5.42. The zero-order chi connectivity index (χ0) is 17.0. The van der Waals surface area contributed by atoms with Crippen molar-refractivity contribution in [3.8, 4) is 0 Å². The van der Waals surface area contributed by atoms with E-state index in [4.69, 9.17) is 0 Å². The third-order valence-electron chi connectivity index (χ3n) is 4.62. The quantitative estimate of drug-likeness (QED) is 0.911. The first kappa shape index (κ1) is 17.3. The zero-order valence-electron chi connectivity index (χ0n) is 13.7. The molecule has 0 saturated carbocycles. The Kier molecular flexibility index (Phi) is 5.43. The minimum Gasteiger partial charge on any atom is -0.367 e. The topological polar surface area (TPSA) is 44.3 Å². The summed E-state index contributed by atoms with van der Waals surface area (Å²) in [6.07, 6.45) is 2.61. The lowest BCUT2D eigenvalue weighted by Crippen LogP contribution is -2.43. The molecule has 0 atom stereocenters. The van der Waals surface area contributed by atoms with Gasteiger partial charge in [0.25, 0.3) is 0 Å². The predicted octanol–water partition coefficient (Wildman–Crippen LogP) is 2.91. The number of likely N-dealkylation sites (tertiary alicyclic amines) is 1. The SMILES string of the molecule is FC(F)(F)CN1CCC(Nc2ccnc(N3CCCCC3)n2)CC1. The van der Waals surface area contributed by atoms with Crippen LogP contribution in [0.5, 0.6) is 0 Å². The Balaban J connectivity index is 1.52. The molecule has 5 nitrogen and oxygen atoms in total. The van der Waals surface area contributed by atoms with Gasteiger partial charge in [0.2, 0.25) is 5.95 Å². The fourth-order valence-electron chi connectivity index (χ4n) is 3.37. The molecule has 1 aromatic heterocycles. The Hall–Kier alpha value is -1.57. The minimum absolute atomic E-state index is 0.165. The van der Waals surface area contributed by atoms with Crippen LogP contribution in [-0.2, 0) is 0 Å². The van der Waals surface area contributed by atoms with Crippen LogP contribution in [0, 0.1) is 0 Å². The molecule has 3 rings (SSSR count). The van der Waals surface area contributed by atoms with Crippen molar-refractivity contribution in [1.82, 2.24) is 14.9 Å². The maximum absolute atomic E-state index is 12.4. The first-order valence-electron chi connectivity index (χ1n) is 8.63. The van der Waals surface area contributed by atoms with Crippen LogP contribution in [0.1, 0.15) is 32.1 Å². The van der Waals surface area contributed by atoms with Gasteiger partial charge < -0.3 is 10.2 Å². The number of hydrogen-bond acceptors (Lipinski definition) is 5. The average molecular weight is 343 g/mol. The largest absolute Gasteiger partial charge is 0.401 e. The normalized spacial score (nSPS) is 21.0. The maximum atomic E-state index is 12.4. The van der Waals surface area contributed by atoms with Crippen LogP contribution in [0.15, 0.2) is 12.3 Å². The summed E-state index contributed by atoms with van der Waals surface area (Å²) in [6, 6.07) is 1.99. The lowest BCUT2D eigenvalue weighted by molar-refractivity contribution is -0.147. The van der Waals surface area contributed by atoms with Gasteiger partial charge in [0.1, 0.15) is 5.82 Å². The van der Waals surface area contributed by atoms with Crippen LogP contribution >= 0.6 is 0 Å². The van der Waals surface area contributed by atoms with E-state index in [2.05, 4.69) is 20.2 Å². The second-order valence-corrected chi connectivity index (χ2v) is 6.60. The standard InChI is InChI=1S/C16H24F3N5/c17-16(18,19)12-23-10-5-13(6-11-23)21-14-4-7-20-15(22-14)24-8-2-1-3-9-24/h4,7,13H,1-3,5-6,8-12H2,(H,20,21,22). The van der Waals surface area contributed by atoms with E-state index < -0.39 is 12.7 Å². The van der Waals surface area contributed by atoms with Gasteiger partial charge in [0, 0.05) is 38.4 Å². The fraction of sp³-hybridized carbons (Fsp3) is 0.750. The van der Waals surface area contributed by atoms with E-state index in [9.17, 15) is 13.2 Å². The second kappa shape index (κ2) is 7.55. The molecule has 0 spiro atoms. The Morgan fingerprint density at radius 3 is 2.46 bits per heavy atom. The molecule has 2 fully saturated rings. The highest BCUT2D eigenvalue weighted by atomic mass is 19.4. The van der Waals surface area contributed by atoms with E-state index in [1.54, 1.807) is 6.20 Å². The van der Waals surface area contributed by atoms with E-state index in [1.807, 2.05) is 6.07 Å². The van der Waals surface area contributed by atoms with Crippen molar-refractivity contribution >= 4 is 11.8 Å². The Bertz CT molecular complexity index is 523. The van der Waals surface area contributed by atoms with Crippen LogP contribution in [-0.4, -0.2) is 59.8 Å². The number of hydrogen-bond donors (Lipinski definition) is 1. The molecular weight excluding hydrogens is 319 g/mol. The summed E-state index contributed by atoms with van der Waals surface area (Å²) >= 11 is 0. The van der Waals surface area contributed by atoms with Gasteiger partial charge in [-0.1, -0.05) is 0 Å². The second-order valence-electron chi connectivity index (χ2n) is 6.60. The average Bonchev–Trinajstić information content (AvgIpc) is 2.56. The Labute approximate surface area is 140 Å². The Morgan fingerprint density at radius 1 is 1.08 bits per heavy atom. The molecule has 2 aliphatic heterocycles. The summed E-state index contributed by atoms with van der Waals surface area (Å²) in [6.45, 7) is 2.08. The van der Waals surface area contributed by atoms with Gasteiger partial charge in [0.15, 0.2) is 0 Å². The van der Waals surface area contributed by atoms with E-state index in [-0.39, 0.29) is 6.04 Å². The number of anilines is 2. The summed E-state index contributed by atoms with van der Waals surface area (Å²) in [5, 5.41) is 3.36. The maximum Gasteiger partial charge on any atom is 0.401 e. The molecule has 0 radical (unpaired) electrons. The van der Waals surface area contributed by atoms with Crippen LogP contribution in [0.2, 0.25) is 0 Å². The number of nitrogens with one attached hydrogen (secondary N) is 1. The molecule has 134 valence electrons. The Morgan fingerprint density at radius 2 is 1.79 bits per heavy atom. The molecule has 1 aromatic rings. The molecule has 8 heteroatoms. The van der Waals surface area contributed by atoms with Gasteiger partial charge in [-0.15, -0.1) is 0 Å². The highest BCUT2D eigenvalue weighted by Crippen LogP contribution is 2.22. The van der Waals surface area contributed by atoms with Crippen LogP contribution in [0.4, 0.5) is 24.9 Å². The number of halogens is 3. The van der Waals surface area contributed by atoms with Crippen LogP contribution in [0.3, 0.4) is 0 Å². The van der Waals surface area contributed by atoms with E-state index in [1.165, 1.54) is 24.2 Å². The smallest absolute Gasteiger partial charge is 0.367 e. The molecule has 3 heterocycles. The van der Waals surface area contributed by atoms with Gasteiger partial charge >= 0.3 is 6.18 Å². The summed E-state index contributed by atoms with van der Waals surface area (Å²) < 4.78 is 37.3. The number of alkyl halides is 3. The fourth-order valence-corrected chi connectivity index (χ4v) is 3.37. The molecular formula is C16H24F3N5. The van der Waals surface area contributed by atoms with Gasteiger partial charge in [-0.05, 0) is 38.2 Å². The molecule has 2 saturated heterocycles. The van der Waals surface area contributed by atoms with Crippen molar-refractivity contribution in [2.45, 2.75) is 44.3 Å². The van der Waals surface area contributed by atoms with Gasteiger partial charge in [-0.25, -0.2) is 4.98 Å². The summed E-state index contributed by atoms with van der Waals surface area (Å²) in [5.74, 6) is 1.51. The number of rotatable bonds is 4. The van der Waals surface area contributed by atoms with E-state index in [0.717, 1.165) is 24.9 Å². The van der Waals surface area contributed by atoms with Crippen molar-refractivity contribution in [2.24, 2.45) is 0 Å². The first-order valence-corrected chi connectivity index (χ1v) is 8.63. The number of aromatic nitrogens is 2. The summed E-state index contributed by atoms with van der Waals surface area (Å²) in [7, 11) is 0. The van der Waals surface area contributed by atoms with Crippen molar-refractivity contribution in [2.75, 3.05) is 42.9 Å². The molecule has 0 aliphatic carbocycles.